The van der Waals surface area contributed by atoms with Crippen LogP contribution in [-0.4, -0.2) is 48.2 Å². The number of aromatic nitrogens is 1. The first kappa shape index (κ1) is 22.2. The van der Waals surface area contributed by atoms with Gasteiger partial charge in [0.2, 0.25) is 0 Å². The normalized spacial score (nSPS) is 12.1. The SMILES string of the molecule is CCNC(=NCC(O)c1ccncc1)N(C)Cc1ccccc1OC.I. The maximum Gasteiger partial charge on any atom is 0.194 e. The fourth-order valence-electron chi connectivity index (χ4n) is 2.50. The molecule has 0 spiro atoms. The van der Waals surface area contributed by atoms with Gasteiger partial charge in [-0.25, -0.2) is 0 Å². The Morgan fingerprint density at radius 1 is 1.27 bits per heavy atom. The molecule has 1 unspecified atom stereocenters. The van der Waals surface area contributed by atoms with E-state index in [2.05, 4.69) is 15.3 Å². The number of para-hydroxylation sites is 1. The Labute approximate surface area is 172 Å². The van der Waals surface area contributed by atoms with Crippen molar-refractivity contribution in [2.24, 2.45) is 4.99 Å². The van der Waals surface area contributed by atoms with Gasteiger partial charge in [0, 0.05) is 38.1 Å². The highest BCUT2D eigenvalue weighted by Gasteiger charge is 2.12. The lowest BCUT2D eigenvalue weighted by Crippen LogP contribution is -2.38. The Hall–Kier alpha value is -1.87. The molecule has 1 atom stereocenters. The third-order valence-electron chi connectivity index (χ3n) is 3.80. The first-order valence-electron chi connectivity index (χ1n) is 8.35. The molecular formula is C19H27IN4O2. The number of pyridine rings is 1. The van der Waals surface area contributed by atoms with Crippen LogP contribution in [0.1, 0.15) is 24.2 Å². The van der Waals surface area contributed by atoms with Gasteiger partial charge in [-0.15, -0.1) is 24.0 Å². The molecule has 1 heterocycles. The monoisotopic (exact) mass is 470 g/mol. The van der Waals surface area contributed by atoms with Gasteiger partial charge in [-0.3, -0.25) is 9.98 Å². The third kappa shape index (κ3) is 6.45. The summed E-state index contributed by atoms with van der Waals surface area (Å²) in [5.41, 5.74) is 1.88. The summed E-state index contributed by atoms with van der Waals surface area (Å²) in [7, 11) is 3.63. The molecule has 7 heteroatoms. The summed E-state index contributed by atoms with van der Waals surface area (Å²) in [6.45, 7) is 3.70. The summed E-state index contributed by atoms with van der Waals surface area (Å²) in [5, 5.41) is 13.5. The van der Waals surface area contributed by atoms with Gasteiger partial charge >= 0.3 is 0 Å². The predicted octanol–water partition coefficient (Wildman–Crippen LogP) is 2.84. The molecule has 0 saturated heterocycles. The lowest BCUT2D eigenvalue weighted by atomic mass is 10.1. The van der Waals surface area contributed by atoms with Crippen molar-refractivity contribution in [2.45, 2.75) is 19.6 Å². The molecule has 6 nitrogen and oxygen atoms in total. The molecule has 1 aromatic heterocycles. The van der Waals surface area contributed by atoms with E-state index in [4.69, 9.17) is 4.74 Å². The minimum Gasteiger partial charge on any atom is -0.496 e. The van der Waals surface area contributed by atoms with Gasteiger partial charge in [-0.05, 0) is 30.7 Å². The maximum absolute atomic E-state index is 10.3. The van der Waals surface area contributed by atoms with E-state index in [1.54, 1.807) is 31.6 Å². The average Bonchev–Trinajstić information content (AvgIpc) is 2.65. The Morgan fingerprint density at radius 3 is 2.62 bits per heavy atom. The van der Waals surface area contributed by atoms with Crippen LogP contribution in [0.15, 0.2) is 53.8 Å². The summed E-state index contributed by atoms with van der Waals surface area (Å²) in [4.78, 5) is 10.5. The number of benzene rings is 1. The number of halogens is 1. The zero-order valence-corrected chi connectivity index (χ0v) is 17.8. The minimum atomic E-state index is -0.656. The second-order valence-electron chi connectivity index (χ2n) is 5.66. The van der Waals surface area contributed by atoms with Gasteiger partial charge < -0.3 is 20.1 Å². The highest BCUT2D eigenvalue weighted by molar-refractivity contribution is 14.0. The molecule has 0 radical (unpaired) electrons. The zero-order chi connectivity index (χ0) is 18.1. The van der Waals surface area contributed by atoms with Gasteiger partial charge in [0.15, 0.2) is 5.96 Å². The number of aliphatic imine (C=N–C) groups is 1. The summed E-state index contributed by atoms with van der Waals surface area (Å²) < 4.78 is 5.41. The number of hydrogen-bond acceptors (Lipinski definition) is 4. The molecular weight excluding hydrogens is 443 g/mol. The molecule has 1 aromatic carbocycles. The molecule has 0 aliphatic rings. The second kappa shape index (κ2) is 11.7. The number of hydrogen-bond donors (Lipinski definition) is 2. The number of methoxy groups -OCH3 is 1. The van der Waals surface area contributed by atoms with Gasteiger partial charge in [-0.1, -0.05) is 18.2 Å². The zero-order valence-electron chi connectivity index (χ0n) is 15.4. The van der Waals surface area contributed by atoms with E-state index < -0.39 is 6.10 Å². The number of aliphatic hydroxyl groups excluding tert-OH is 1. The topological polar surface area (TPSA) is 70.0 Å². The van der Waals surface area contributed by atoms with Crippen molar-refractivity contribution >= 4 is 29.9 Å². The molecule has 0 aliphatic carbocycles. The third-order valence-corrected chi connectivity index (χ3v) is 3.80. The molecule has 142 valence electrons. The molecule has 0 amide bonds. The highest BCUT2D eigenvalue weighted by Crippen LogP contribution is 2.19. The largest absolute Gasteiger partial charge is 0.496 e. The summed E-state index contributed by atoms with van der Waals surface area (Å²) >= 11 is 0. The number of aliphatic hydroxyl groups is 1. The second-order valence-corrected chi connectivity index (χ2v) is 5.66. The van der Waals surface area contributed by atoms with Crippen LogP contribution in [0.3, 0.4) is 0 Å². The smallest absolute Gasteiger partial charge is 0.194 e. The highest BCUT2D eigenvalue weighted by atomic mass is 127. The van der Waals surface area contributed by atoms with Gasteiger partial charge in [-0.2, -0.15) is 0 Å². The standard InChI is InChI=1S/C19H26N4O2.HI/c1-4-21-19(22-13-17(24)15-9-11-20-12-10-15)23(2)14-16-7-5-6-8-18(16)25-3;/h5-12,17,24H,4,13-14H2,1-3H3,(H,21,22);1H. The van der Waals surface area contributed by atoms with E-state index >= 15 is 0 Å². The van der Waals surface area contributed by atoms with E-state index in [1.807, 2.05) is 43.1 Å². The van der Waals surface area contributed by atoms with Crippen molar-refractivity contribution in [3.05, 3.63) is 59.9 Å². The summed E-state index contributed by atoms with van der Waals surface area (Å²) in [6.07, 6.45) is 2.68. The van der Waals surface area contributed by atoms with Crippen molar-refractivity contribution in [3.63, 3.8) is 0 Å². The Kier molecular flexibility index (Phi) is 9.97. The van der Waals surface area contributed by atoms with Crippen LogP contribution < -0.4 is 10.1 Å². The van der Waals surface area contributed by atoms with Crippen LogP contribution in [-0.2, 0) is 6.54 Å². The van der Waals surface area contributed by atoms with Crippen molar-refractivity contribution in [1.82, 2.24) is 15.2 Å². The fourth-order valence-corrected chi connectivity index (χ4v) is 2.50. The molecule has 2 N–H and O–H groups in total. The number of nitrogens with one attached hydrogen (secondary N) is 1. The van der Waals surface area contributed by atoms with Gasteiger partial charge in [0.25, 0.3) is 0 Å². The Morgan fingerprint density at radius 2 is 1.96 bits per heavy atom. The number of guanidine groups is 1. The van der Waals surface area contributed by atoms with Crippen LogP contribution in [0.5, 0.6) is 5.75 Å². The Balaban J connectivity index is 0.00000338. The number of ether oxygens (including phenoxy) is 1. The van der Waals surface area contributed by atoms with Crippen LogP contribution in [0, 0.1) is 0 Å². The lowest BCUT2D eigenvalue weighted by Gasteiger charge is -2.23. The minimum absolute atomic E-state index is 0. The first-order chi connectivity index (χ1) is 12.2. The van der Waals surface area contributed by atoms with E-state index in [9.17, 15) is 5.11 Å². The van der Waals surface area contributed by atoms with E-state index in [-0.39, 0.29) is 30.5 Å². The molecule has 0 aliphatic heterocycles. The maximum atomic E-state index is 10.3. The molecule has 0 bridgehead atoms. The summed E-state index contributed by atoms with van der Waals surface area (Å²) in [5.74, 6) is 1.59. The van der Waals surface area contributed by atoms with Crippen LogP contribution in [0.4, 0.5) is 0 Å². The molecule has 2 rings (SSSR count). The predicted molar refractivity (Wildman–Crippen MR) is 115 cm³/mol. The number of rotatable bonds is 7. The van der Waals surface area contributed by atoms with Crippen LogP contribution in [0.2, 0.25) is 0 Å². The molecule has 26 heavy (non-hydrogen) atoms. The van der Waals surface area contributed by atoms with Gasteiger partial charge in [0.1, 0.15) is 5.75 Å². The van der Waals surface area contributed by atoms with Crippen molar-refractivity contribution in [3.8, 4) is 5.75 Å². The molecule has 0 saturated carbocycles. The summed E-state index contributed by atoms with van der Waals surface area (Å²) in [6, 6.07) is 11.5. The van der Waals surface area contributed by atoms with E-state index in [0.717, 1.165) is 29.4 Å². The number of nitrogens with zero attached hydrogens (tertiary/aromatic N) is 3. The van der Waals surface area contributed by atoms with Crippen LogP contribution in [0.25, 0.3) is 0 Å². The Bertz CT molecular complexity index is 682. The lowest BCUT2D eigenvalue weighted by molar-refractivity contribution is 0.186. The van der Waals surface area contributed by atoms with E-state index in [0.29, 0.717) is 6.54 Å². The quantitative estimate of drug-likeness (QED) is 0.370. The molecule has 0 fully saturated rings. The fraction of sp³-hybridized carbons (Fsp3) is 0.368. The van der Waals surface area contributed by atoms with Crippen LogP contribution >= 0.6 is 24.0 Å². The van der Waals surface area contributed by atoms with Crippen molar-refractivity contribution in [2.75, 3.05) is 27.2 Å². The average molecular weight is 470 g/mol. The molecule has 2 aromatic rings. The van der Waals surface area contributed by atoms with Crippen molar-refractivity contribution < 1.29 is 9.84 Å². The first-order valence-corrected chi connectivity index (χ1v) is 8.35. The van der Waals surface area contributed by atoms with E-state index in [1.165, 1.54) is 0 Å². The van der Waals surface area contributed by atoms with Crippen molar-refractivity contribution in [1.29, 1.82) is 0 Å². The van der Waals surface area contributed by atoms with Gasteiger partial charge in [0.05, 0.1) is 19.8 Å².